The summed E-state index contributed by atoms with van der Waals surface area (Å²) in [5.41, 5.74) is 2.74. The Morgan fingerprint density at radius 2 is 2.16 bits per heavy atom. The Hall–Kier alpha value is -3.16. The zero-order valence-electron chi connectivity index (χ0n) is 17.6. The average molecular weight is 469 g/mol. The minimum absolute atomic E-state index is 0.0462. The molecule has 8 heteroatoms. The summed E-state index contributed by atoms with van der Waals surface area (Å²) in [6, 6.07) is 11.2. The van der Waals surface area contributed by atoms with Gasteiger partial charge in [0, 0.05) is 35.2 Å². The monoisotopic (exact) mass is 468 g/mol. The maximum atomic E-state index is 12.2. The molecule has 0 radical (unpaired) electrons. The van der Waals surface area contributed by atoms with Crippen LogP contribution in [0.15, 0.2) is 48.7 Å². The highest BCUT2D eigenvalue weighted by atomic mass is 35.5. The Morgan fingerprint density at radius 1 is 1.31 bits per heavy atom. The Kier molecular flexibility index (Phi) is 6.58. The Balaban J connectivity index is 1.36. The van der Waals surface area contributed by atoms with Gasteiger partial charge in [0.2, 0.25) is 11.8 Å². The van der Waals surface area contributed by atoms with Crippen molar-refractivity contribution in [2.45, 2.75) is 19.4 Å². The molecule has 0 aliphatic carbocycles. The number of carbonyl (C=O) groups is 2. The maximum absolute atomic E-state index is 12.2. The van der Waals surface area contributed by atoms with Crippen molar-refractivity contribution < 1.29 is 19.1 Å². The molecule has 0 spiro atoms. The molecule has 1 unspecified atom stereocenters. The van der Waals surface area contributed by atoms with Crippen LogP contribution in [0.3, 0.4) is 0 Å². The fraction of sp³-hybridized carbons (Fsp3) is 0.208. The van der Waals surface area contributed by atoms with E-state index in [1.165, 1.54) is 17.4 Å². The number of rotatable bonds is 7. The fourth-order valence-corrected chi connectivity index (χ4v) is 4.55. The number of pyridine rings is 1. The fourth-order valence-electron chi connectivity index (χ4n) is 3.38. The molecule has 164 valence electrons. The molecule has 1 aliphatic rings. The Morgan fingerprint density at radius 3 is 2.84 bits per heavy atom. The quantitative estimate of drug-likeness (QED) is 0.398. The topological polar surface area (TPSA) is 77.5 Å². The van der Waals surface area contributed by atoms with Crippen LogP contribution in [0.4, 0.5) is 0 Å². The third-order valence-electron chi connectivity index (χ3n) is 4.99. The second-order valence-corrected chi connectivity index (χ2v) is 8.81. The summed E-state index contributed by atoms with van der Waals surface area (Å²) in [6.45, 7) is 1.92. The van der Waals surface area contributed by atoms with Crippen LogP contribution < -0.4 is 14.8 Å². The highest BCUT2D eigenvalue weighted by Crippen LogP contribution is 2.41. The highest BCUT2D eigenvalue weighted by Gasteiger charge is 2.26. The van der Waals surface area contributed by atoms with Crippen LogP contribution in [0.2, 0.25) is 5.02 Å². The standard InChI is InChI=1S/C24H21ClN2O4S/c1-14(28)20-5-6-21(32-20)16-9-17-10-18(31-24(17)19(25)11-16)13-26-22(29)7-3-15-4-8-23(30-2)27-12-15/h3-9,11-12,18H,10,13H2,1-2H3,(H,26,29). The van der Waals surface area contributed by atoms with Crippen molar-refractivity contribution >= 4 is 40.7 Å². The maximum Gasteiger partial charge on any atom is 0.244 e. The second-order valence-electron chi connectivity index (χ2n) is 7.32. The number of nitrogens with one attached hydrogen (secondary N) is 1. The number of hydrogen-bond donors (Lipinski definition) is 1. The van der Waals surface area contributed by atoms with E-state index in [1.807, 2.05) is 30.3 Å². The van der Waals surface area contributed by atoms with Gasteiger partial charge in [0.25, 0.3) is 0 Å². The summed E-state index contributed by atoms with van der Waals surface area (Å²) in [7, 11) is 1.55. The van der Waals surface area contributed by atoms with Crippen LogP contribution in [-0.2, 0) is 11.2 Å². The molecule has 2 aromatic heterocycles. The number of ether oxygens (including phenoxy) is 2. The van der Waals surface area contributed by atoms with E-state index in [-0.39, 0.29) is 17.8 Å². The van der Waals surface area contributed by atoms with E-state index in [0.717, 1.165) is 21.6 Å². The number of benzene rings is 1. The van der Waals surface area contributed by atoms with Gasteiger partial charge >= 0.3 is 0 Å². The summed E-state index contributed by atoms with van der Waals surface area (Å²) in [5, 5.41) is 3.38. The van der Waals surface area contributed by atoms with E-state index < -0.39 is 0 Å². The lowest BCUT2D eigenvalue weighted by molar-refractivity contribution is -0.116. The van der Waals surface area contributed by atoms with Gasteiger partial charge in [-0.25, -0.2) is 4.98 Å². The van der Waals surface area contributed by atoms with Crippen LogP contribution in [-0.4, -0.2) is 36.4 Å². The van der Waals surface area contributed by atoms with Crippen LogP contribution in [0.1, 0.15) is 27.7 Å². The first kappa shape index (κ1) is 22.0. The number of aromatic nitrogens is 1. The van der Waals surface area contributed by atoms with E-state index in [0.29, 0.717) is 34.5 Å². The molecule has 3 heterocycles. The number of carbonyl (C=O) groups excluding carboxylic acids is 2. The van der Waals surface area contributed by atoms with Gasteiger partial charge in [-0.2, -0.15) is 0 Å². The molecule has 1 amide bonds. The minimum Gasteiger partial charge on any atom is -0.486 e. The van der Waals surface area contributed by atoms with Gasteiger partial charge < -0.3 is 14.8 Å². The molecule has 0 saturated carbocycles. The lowest BCUT2D eigenvalue weighted by Crippen LogP contribution is -2.33. The van der Waals surface area contributed by atoms with Gasteiger partial charge in [-0.15, -0.1) is 11.3 Å². The zero-order valence-corrected chi connectivity index (χ0v) is 19.1. The summed E-state index contributed by atoms with van der Waals surface area (Å²) in [6.07, 6.45) is 5.21. The summed E-state index contributed by atoms with van der Waals surface area (Å²) in [5.74, 6) is 0.995. The lowest BCUT2D eigenvalue weighted by Gasteiger charge is -2.11. The molecule has 3 aromatic rings. The molecule has 4 rings (SSSR count). The van der Waals surface area contributed by atoms with E-state index in [1.54, 1.807) is 32.4 Å². The van der Waals surface area contributed by atoms with Crippen molar-refractivity contribution in [1.82, 2.24) is 10.3 Å². The SMILES string of the molecule is COc1ccc(C=CC(=O)NCC2Cc3cc(-c4ccc(C(C)=O)s4)cc(Cl)c3O2)cn1. The first-order chi connectivity index (χ1) is 15.4. The number of amides is 1. The molecular formula is C24H21ClN2O4S. The van der Waals surface area contributed by atoms with Gasteiger partial charge in [-0.3, -0.25) is 9.59 Å². The predicted molar refractivity (Wildman–Crippen MR) is 126 cm³/mol. The molecule has 1 N–H and O–H groups in total. The van der Waals surface area contributed by atoms with Gasteiger partial charge in [0.15, 0.2) is 5.78 Å². The zero-order chi connectivity index (χ0) is 22.7. The van der Waals surface area contributed by atoms with Gasteiger partial charge in [-0.05, 0) is 54.5 Å². The van der Waals surface area contributed by atoms with E-state index in [4.69, 9.17) is 21.1 Å². The number of thiophene rings is 1. The van der Waals surface area contributed by atoms with Crippen molar-refractivity contribution in [3.63, 3.8) is 0 Å². The molecule has 1 atom stereocenters. The van der Waals surface area contributed by atoms with Crippen molar-refractivity contribution in [2.75, 3.05) is 13.7 Å². The molecule has 6 nitrogen and oxygen atoms in total. The summed E-state index contributed by atoms with van der Waals surface area (Å²) >= 11 is 7.90. The van der Waals surface area contributed by atoms with Crippen LogP contribution in [0, 0.1) is 0 Å². The van der Waals surface area contributed by atoms with E-state index in [9.17, 15) is 9.59 Å². The van der Waals surface area contributed by atoms with Crippen molar-refractivity contribution in [3.8, 4) is 22.1 Å². The highest BCUT2D eigenvalue weighted by molar-refractivity contribution is 7.17. The third kappa shape index (κ3) is 5.00. The summed E-state index contributed by atoms with van der Waals surface area (Å²) < 4.78 is 11.0. The Labute approximate surface area is 194 Å². The molecule has 0 fully saturated rings. The predicted octanol–water partition coefficient (Wildman–Crippen LogP) is 4.81. The number of fused-ring (bicyclic) bond motifs is 1. The van der Waals surface area contributed by atoms with E-state index in [2.05, 4.69) is 10.3 Å². The smallest absolute Gasteiger partial charge is 0.244 e. The van der Waals surface area contributed by atoms with E-state index >= 15 is 0 Å². The van der Waals surface area contributed by atoms with Crippen LogP contribution >= 0.6 is 22.9 Å². The molecule has 32 heavy (non-hydrogen) atoms. The van der Waals surface area contributed by atoms with Gasteiger partial charge in [0.05, 0.1) is 23.6 Å². The van der Waals surface area contributed by atoms with Crippen molar-refractivity contribution in [2.24, 2.45) is 0 Å². The first-order valence-electron chi connectivity index (χ1n) is 9.99. The minimum atomic E-state index is -0.220. The molecule has 1 aromatic carbocycles. The third-order valence-corrected chi connectivity index (χ3v) is 6.51. The van der Waals surface area contributed by atoms with Gasteiger partial charge in [-0.1, -0.05) is 11.6 Å². The molecule has 1 aliphatic heterocycles. The molecule has 0 bridgehead atoms. The first-order valence-corrected chi connectivity index (χ1v) is 11.2. The number of methoxy groups -OCH3 is 1. The van der Waals surface area contributed by atoms with Crippen LogP contribution in [0.5, 0.6) is 11.6 Å². The number of ketones is 1. The van der Waals surface area contributed by atoms with Gasteiger partial charge in [0.1, 0.15) is 11.9 Å². The number of Topliss-reactive ketones (excluding diaryl/α,β-unsaturated/α-hetero) is 1. The molecule has 0 saturated heterocycles. The summed E-state index contributed by atoms with van der Waals surface area (Å²) in [4.78, 5) is 29.6. The molecular weight excluding hydrogens is 448 g/mol. The normalized spacial score (nSPS) is 14.8. The lowest BCUT2D eigenvalue weighted by atomic mass is 10.1. The van der Waals surface area contributed by atoms with Crippen molar-refractivity contribution in [1.29, 1.82) is 0 Å². The largest absolute Gasteiger partial charge is 0.486 e. The Bertz CT molecular complexity index is 1190. The number of hydrogen-bond acceptors (Lipinski definition) is 6. The number of halogens is 1. The number of nitrogens with zero attached hydrogens (tertiary/aromatic N) is 1. The van der Waals surface area contributed by atoms with Crippen LogP contribution in [0.25, 0.3) is 16.5 Å². The second kappa shape index (κ2) is 9.54. The average Bonchev–Trinajstić information content (AvgIpc) is 3.44. The van der Waals surface area contributed by atoms with Crippen molar-refractivity contribution in [3.05, 3.63) is 69.7 Å².